The minimum atomic E-state index is -3.48. The molecule has 1 aliphatic carbocycles. The van der Waals surface area contributed by atoms with Gasteiger partial charge >= 0.3 is 0 Å². The topological polar surface area (TPSA) is 51.5 Å². The molecule has 21 heavy (non-hydrogen) atoms. The van der Waals surface area contributed by atoms with Gasteiger partial charge < -0.3 is 9.30 Å². The molecular formula is C14H23ClN2O3S. The van der Waals surface area contributed by atoms with Crippen LogP contribution < -0.4 is 0 Å². The lowest BCUT2D eigenvalue weighted by Gasteiger charge is -2.20. The van der Waals surface area contributed by atoms with E-state index in [0.717, 1.165) is 18.5 Å². The van der Waals surface area contributed by atoms with Crippen molar-refractivity contribution in [1.82, 2.24) is 8.87 Å². The average Bonchev–Trinajstić information content (AvgIpc) is 3.15. The third-order valence-corrected chi connectivity index (χ3v) is 5.87. The van der Waals surface area contributed by atoms with Gasteiger partial charge in [-0.15, -0.1) is 11.6 Å². The number of hydrogen-bond donors (Lipinski definition) is 0. The van der Waals surface area contributed by atoms with Crippen LogP contribution in [0.25, 0.3) is 0 Å². The summed E-state index contributed by atoms with van der Waals surface area (Å²) < 4.78 is 34.2. The summed E-state index contributed by atoms with van der Waals surface area (Å²) in [5, 5.41) is 0. The van der Waals surface area contributed by atoms with E-state index < -0.39 is 10.0 Å². The molecule has 1 aromatic rings. The van der Waals surface area contributed by atoms with Gasteiger partial charge in [0.15, 0.2) is 0 Å². The molecular weight excluding hydrogens is 312 g/mol. The van der Waals surface area contributed by atoms with Crippen LogP contribution in [0, 0.1) is 0 Å². The first-order chi connectivity index (χ1) is 9.91. The molecule has 0 atom stereocenters. The predicted octanol–water partition coefficient (Wildman–Crippen LogP) is 2.61. The Morgan fingerprint density at radius 3 is 2.57 bits per heavy atom. The standard InChI is InChI=1S/C14H23ClN2O3S/c1-11(2)16-10-14(8-13(16)9-15)21(18,19)17(6-7-20-3)12-4-5-12/h8,10-12H,4-7,9H2,1-3H3. The van der Waals surface area contributed by atoms with E-state index in [-0.39, 0.29) is 12.1 Å². The van der Waals surface area contributed by atoms with Crippen molar-refractivity contribution in [3.63, 3.8) is 0 Å². The highest BCUT2D eigenvalue weighted by Gasteiger charge is 2.38. The lowest BCUT2D eigenvalue weighted by atomic mass is 10.4. The average molecular weight is 335 g/mol. The smallest absolute Gasteiger partial charge is 0.244 e. The molecule has 2 rings (SSSR count). The fraction of sp³-hybridized carbons (Fsp3) is 0.714. The normalized spacial score (nSPS) is 16.1. The number of hydrogen-bond acceptors (Lipinski definition) is 3. The van der Waals surface area contributed by atoms with E-state index in [4.69, 9.17) is 16.3 Å². The van der Waals surface area contributed by atoms with Gasteiger partial charge in [-0.1, -0.05) is 0 Å². The van der Waals surface area contributed by atoms with E-state index in [1.807, 2.05) is 18.4 Å². The van der Waals surface area contributed by atoms with Gasteiger partial charge in [-0.05, 0) is 32.8 Å². The Balaban J connectivity index is 2.33. The monoisotopic (exact) mass is 334 g/mol. The van der Waals surface area contributed by atoms with E-state index in [1.165, 1.54) is 0 Å². The van der Waals surface area contributed by atoms with Gasteiger partial charge in [0.2, 0.25) is 10.0 Å². The zero-order valence-electron chi connectivity index (χ0n) is 12.8. The maximum absolute atomic E-state index is 12.8. The number of alkyl halides is 1. The van der Waals surface area contributed by atoms with Gasteiger partial charge in [0.05, 0.1) is 12.5 Å². The molecule has 0 spiro atoms. The van der Waals surface area contributed by atoms with Crippen molar-refractivity contribution in [3.05, 3.63) is 18.0 Å². The Morgan fingerprint density at radius 1 is 1.48 bits per heavy atom. The van der Waals surface area contributed by atoms with Crippen LogP contribution in [-0.4, -0.2) is 43.6 Å². The van der Waals surface area contributed by atoms with Crippen molar-refractivity contribution >= 4 is 21.6 Å². The van der Waals surface area contributed by atoms with Crippen molar-refractivity contribution < 1.29 is 13.2 Å². The molecule has 0 unspecified atom stereocenters. The summed E-state index contributed by atoms with van der Waals surface area (Å²) in [6, 6.07) is 1.98. The van der Waals surface area contributed by atoms with E-state index in [0.29, 0.717) is 23.9 Å². The first kappa shape index (κ1) is 16.8. The van der Waals surface area contributed by atoms with Crippen molar-refractivity contribution in [2.24, 2.45) is 0 Å². The predicted molar refractivity (Wildman–Crippen MR) is 83.2 cm³/mol. The van der Waals surface area contributed by atoms with E-state index >= 15 is 0 Å². The third-order valence-electron chi connectivity index (χ3n) is 3.68. The fourth-order valence-corrected chi connectivity index (χ4v) is 4.34. The van der Waals surface area contributed by atoms with Crippen LogP contribution in [-0.2, 0) is 20.6 Å². The first-order valence-corrected chi connectivity index (χ1v) is 9.16. The molecule has 7 heteroatoms. The van der Waals surface area contributed by atoms with E-state index in [2.05, 4.69) is 0 Å². The third kappa shape index (κ3) is 3.62. The van der Waals surface area contributed by atoms with Crippen molar-refractivity contribution in [2.75, 3.05) is 20.3 Å². The van der Waals surface area contributed by atoms with Crippen molar-refractivity contribution in [1.29, 1.82) is 0 Å². The highest BCUT2D eigenvalue weighted by atomic mass is 35.5. The van der Waals surface area contributed by atoms with Crippen molar-refractivity contribution in [3.8, 4) is 0 Å². The highest BCUT2D eigenvalue weighted by Crippen LogP contribution is 2.33. The number of aromatic nitrogens is 1. The molecule has 0 aliphatic heterocycles. The molecule has 0 N–H and O–H groups in total. The van der Waals surface area contributed by atoms with Gasteiger partial charge in [0, 0.05) is 37.6 Å². The lowest BCUT2D eigenvalue weighted by Crippen LogP contribution is -2.35. The molecule has 5 nitrogen and oxygen atoms in total. The van der Waals surface area contributed by atoms with Crippen LogP contribution in [0.5, 0.6) is 0 Å². The molecule has 1 aliphatic rings. The molecule has 1 heterocycles. The summed E-state index contributed by atoms with van der Waals surface area (Å²) in [6.45, 7) is 4.82. The molecule has 1 fully saturated rings. The zero-order valence-corrected chi connectivity index (χ0v) is 14.3. The Hall–Kier alpha value is -0.560. The Kier molecular flexibility index (Phi) is 5.35. The molecule has 0 amide bonds. The van der Waals surface area contributed by atoms with Gasteiger partial charge in [-0.2, -0.15) is 4.31 Å². The lowest BCUT2D eigenvalue weighted by molar-refractivity contribution is 0.177. The Labute approximate surface area is 131 Å². The highest BCUT2D eigenvalue weighted by molar-refractivity contribution is 7.89. The number of sulfonamides is 1. The van der Waals surface area contributed by atoms with Crippen LogP contribution in [0.2, 0.25) is 0 Å². The minimum absolute atomic E-state index is 0.118. The second-order valence-electron chi connectivity index (χ2n) is 5.64. The SMILES string of the molecule is COCCN(C1CC1)S(=O)(=O)c1cc(CCl)n(C(C)C)c1. The summed E-state index contributed by atoms with van der Waals surface area (Å²) in [5.41, 5.74) is 0.827. The van der Waals surface area contributed by atoms with Gasteiger partial charge in [-0.25, -0.2) is 8.42 Å². The Morgan fingerprint density at radius 2 is 2.14 bits per heavy atom. The summed E-state index contributed by atoms with van der Waals surface area (Å²) in [5.74, 6) is 0.301. The van der Waals surface area contributed by atoms with Crippen LogP contribution in [0.1, 0.15) is 38.4 Å². The Bertz CT molecular complexity index is 579. The van der Waals surface area contributed by atoms with Gasteiger partial charge in [0.1, 0.15) is 4.90 Å². The van der Waals surface area contributed by atoms with Gasteiger partial charge in [-0.3, -0.25) is 0 Å². The van der Waals surface area contributed by atoms with Crippen molar-refractivity contribution in [2.45, 2.75) is 49.5 Å². The molecule has 0 radical (unpaired) electrons. The molecule has 1 saturated carbocycles. The van der Waals surface area contributed by atoms with Gasteiger partial charge in [0.25, 0.3) is 0 Å². The maximum Gasteiger partial charge on any atom is 0.244 e. The fourth-order valence-electron chi connectivity index (χ4n) is 2.40. The minimum Gasteiger partial charge on any atom is -0.383 e. The number of ether oxygens (including phenoxy) is 1. The second-order valence-corrected chi connectivity index (χ2v) is 7.80. The first-order valence-electron chi connectivity index (χ1n) is 7.19. The molecule has 0 aromatic carbocycles. The largest absolute Gasteiger partial charge is 0.383 e. The number of methoxy groups -OCH3 is 1. The summed E-state index contributed by atoms with van der Waals surface area (Å²) in [4.78, 5) is 0.329. The number of halogens is 1. The van der Waals surface area contributed by atoms with Crippen LogP contribution >= 0.6 is 11.6 Å². The number of rotatable bonds is 8. The van der Waals surface area contributed by atoms with Crippen LogP contribution in [0.3, 0.4) is 0 Å². The van der Waals surface area contributed by atoms with Crippen LogP contribution in [0.4, 0.5) is 0 Å². The summed E-state index contributed by atoms with van der Waals surface area (Å²) in [7, 11) is -1.90. The van der Waals surface area contributed by atoms with E-state index in [1.54, 1.807) is 23.7 Å². The zero-order chi connectivity index (χ0) is 15.6. The number of nitrogens with zero attached hydrogens (tertiary/aromatic N) is 2. The summed E-state index contributed by atoms with van der Waals surface area (Å²) >= 11 is 5.93. The molecule has 120 valence electrons. The molecule has 1 aromatic heterocycles. The second kappa shape index (κ2) is 6.69. The quantitative estimate of drug-likeness (QED) is 0.687. The maximum atomic E-state index is 12.8. The molecule has 0 bridgehead atoms. The molecule has 0 saturated heterocycles. The van der Waals surface area contributed by atoms with E-state index in [9.17, 15) is 8.42 Å². The van der Waals surface area contributed by atoms with Crippen LogP contribution in [0.15, 0.2) is 17.2 Å². The summed E-state index contributed by atoms with van der Waals surface area (Å²) in [6.07, 6.45) is 3.55.